The van der Waals surface area contributed by atoms with Gasteiger partial charge in [-0.3, -0.25) is 4.79 Å². The van der Waals surface area contributed by atoms with Crippen molar-refractivity contribution in [2.24, 2.45) is 5.10 Å². The average molecular weight is 372 g/mol. The minimum absolute atomic E-state index is 0.258. The molecule has 0 aliphatic rings. The monoisotopic (exact) mass is 371 g/mol. The Morgan fingerprint density at radius 2 is 2.04 bits per heavy atom. The van der Waals surface area contributed by atoms with Crippen molar-refractivity contribution < 1.29 is 9.53 Å². The summed E-state index contributed by atoms with van der Waals surface area (Å²) in [7, 11) is 1.63. The van der Waals surface area contributed by atoms with Crippen molar-refractivity contribution in [3.8, 4) is 5.75 Å². The van der Waals surface area contributed by atoms with E-state index in [-0.39, 0.29) is 5.91 Å². The second kappa shape index (κ2) is 6.66. The van der Waals surface area contributed by atoms with E-state index in [9.17, 15) is 4.79 Å². The zero-order chi connectivity index (χ0) is 16.2. The third kappa shape index (κ3) is 3.43. The first-order valence-electron chi connectivity index (χ1n) is 6.91. The quantitative estimate of drug-likeness (QED) is 0.542. The lowest BCUT2D eigenvalue weighted by molar-refractivity contribution is 0.0955. The van der Waals surface area contributed by atoms with E-state index in [0.717, 1.165) is 26.7 Å². The number of fused-ring (bicyclic) bond motifs is 1. The van der Waals surface area contributed by atoms with Crippen molar-refractivity contribution in [1.29, 1.82) is 0 Å². The van der Waals surface area contributed by atoms with Gasteiger partial charge in [-0.2, -0.15) is 5.10 Å². The number of carbonyl (C=O) groups is 1. The number of nitrogens with zero attached hydrogens (tertiary/aromatic N) is 1. The molecule has 0 unspecified atom stereocenters. The van der Waals surface area contributed by atoms with Gasteiger partial charge in [0.1, 0.15) is 5.75 Å². The Kier molecular flexibility index (Phi) is 4.43. The summed E-state index contributed by atoms with van der Waals surface area (Å²) in [6.07, 6.45) is 3.44. The first kappa shape index (κ1) is 15.3. The molecule has 0 radical (unpaired) electrons. The number of hydrazone groups is 1. The molecule has 116 valence electrons. The topological polar surface area (TPSA) is 66.5 Å². The summed E-state index contributed by atoms with van der Waals surface area (Å²) in [5.74, 6) is 0.511. The molecule has 2 aromatic carbocycles. The van der Waals surface area contributed by atoms with Crippen LogP contribution in [0.2, 0.25) is 0 Å². The van der Waals surface area contributed by atoms with E-state index in [2.05, 4.69) is 31.4 Å². The van der Waals surface area contributed by atoms with Gasteiger partial charge >= 0.3 is 0 Å². The Labute approximate surface area is 141 Å². The van der Waals surface area contributed by atoms with Crippen LogP contribution in [0.3, 0.4) is 0 Å². The van der Waals surface area contributed by atoms with E-state index in [1.807, 2.05) is 36.5 Å². The van der Waals surface area contributed by atoms with Crippen LogP contribution in [-0.4, -0.2) is 24.2 Å². The number of aromatic nitrogens is 1. The van der Waals surface area contributed by atoms with Crippen LogP contribution in [0.1, 0.15) is 15.9 Å². The molecule has 3 aromatic rings. The predicted molar refractivity (Wildman–Crippen MR) is 94.1 cm³/mol. The Balaban J connectivity index is 1.75. The minimum atomic E-state index is -0.258. The molecule has 0 spiro atoms. The molecule has 0 aliphatic heterocycles. The standard InChI is InChI=1S/C17H14BrN3O2/c1-23-14-6-7-16-15(8-14)12(9-19-16)10-20-21-17(22)11-2-4-13(18)5-3-11/h2-10,19H,1H3,(H,21,22)/b20-10-. The van der Waals surface area contributed by atoms with Crippen molar-refractivity contribution in [1.82, 2.24) is 10.4 Å². The maximum atomic E-state index is 12.0. The highest BCUT2D eigenvalue weighted by molar-refractivity contribution is 9.10. The largest absolute Gasteiger partial charge is 0.497 e. The molecule has 1 amide bonds. The van der Waals surface area contributed by atoms with Gasteiger partial charge in [-0.1, -0.05) is 15.9 Å². The Morgan fingerprint density at radius 1 is 1.26 bits per heavy atom. The number of nitrogens with one attached hydrogen (secondary N) is 2. The normalized spacial score (nSPS) is 11.0. The van der Waals surface area contributed by atoms with Crippen LogP contribution in [0.25, 0.3) is 10.9 Å². The van der Waals surface area contributed by atoms with Crippen LogP contribution in [0, 0.1) is 0 Å². The maximum Gasteiger partial charge on any atom is 0.271 e. The number of hydrogen-bond acceptors (Lipinski definition) is 3. The number of H-pyrrole nitrogens is 1. The van der Waals surface area contributed by atoms with Crippen molar-refractivity contribution in [3.05, 3.63) is 64.3 Å². The average Bonchev–Trinajstić information content (AvgIpc) is 2.97. The molecular weight excluding hydrogens is 358 g/mol. The van der Waals surface area contributed by atoms with Gasteiger partial charge in [0, 0.05) is 32.7 Å². The molecule has 5 nitrogen and oxygen atoms in total. The van der Waals surface area contributed by atoms with E-state index in [4.69, 9.17) is 4.74 Å². The fourth-order valence-corrected chi connectivity index (χ4v) is 2.45. The number of halogens is 1. The van der Waals surface area contributed by atoms with E-state index >= 15 is 0 Å². The predicted octanol–water partition coefficient (Wildman–Crippen LogP) is 3.70. The first-order chi connectivity index (χ1) is 11.2. The molecule has 0 atom stereocenters. The molecule has 1 heterocycles. The molecule has 0 saturated carbocycles. The molecular formula is C17H14BrN3O2. The second-order valence-electron chi connectivity index (χ2n) is 4.86. The molecule has 0 saturated heterocycles. The van der Waals surface area contributed by atoms with Crippen LogP contribution in [0.5, 0.6) is 5.75 Å². The summed E-state index contributed by atoms with van der Waals surface area (Å²) in [4.78, 5) is 15.1. The summed E-state index contributed by atoms with van der Waals surface area (Å²) in [5, 5.41) is 5.00. The van der Waals surface area contributed by atoms with Crippen LogP contribution >= 0.6 is 15.9 Å². The lowest BCUT2D eigenvalue weighted by Crippen LogP contribution is -2.17. The molecule has 3 rings (SSSR count). The molecule has 23 heavy (non-hydrogen) atoms. The summed E-state index contributed by atoms with van der Waals surface area (Å²) in [6, 6.07) is 12.8. The zero-order valence-corrected chi connectivity index (χ0v) is 13.9. The lowest BCUT2D eigenvalue weighted by Gasteiger charge is -2.00. The van der Waals surface area contributed by atoms with Crippen molar-refractivity contribution in [2.75, 3.05) is 7.11 Å². The number of hydrogen-bond donors (Lipinski definition) is 2. The Bertz CT molecular complexity index is 869. The van der Waals surface area contributed by atoms with E-state index in [1.54, 1.807) is 25.5 Å². The minimum Gasteiger partial charge on any atom is -0.497 e. The molecule has 6 heteroatoms. The fourth-order valence-electron chi connectivity index (χ4n) is 2.18. The van der Waals surface area contributed by atoms with Gasteiger partial charge in [0.25, 0.3) is 5.91 Å². The van der Waals surface area contributed by atoms with Crippen LogP contribution < -0.4 is 10.2 Å². The highest BCUT2D eigenvalue weighted by Gasteiger charge is 2.05. The van der Waals surface area contributed by atoms with Crippen LogP contribution in [0.4, 0.5) is 0 Å². The first-order valence-corrected chi connectivity index (χ1v) is 7.71. The molecule has 0 bridgehead atoms. The van der Waals surface area contributed by atoms with Gasteiger partial charge in [0.2, 0.25) is 0 Å². The van der Waals surface area contributed by atoms with E-state index < -0.39 is 0 Å². The van der Waals surface area contributed by atoms with Gasteiger partial charge in [0.15, 0.2) is 0 Å². The summed E-state index contributed by atoms with van der Waals surface area (Å²) >= 11 is 3.33. The lowest BCUT2D eigenvalue weighted by atomic mass is 10.2. The Morgan fingerprint density at radius 3 is 2.78 bits per heavy atom. The molecule has 1 aromatic heterocycles. The number of benzene rings is 2. The number of amides is 1. The summed E-state index contributed by atoms with van der Waals surface area (Å²) in [5.41, 5.74) is 4.92. The zero-order valence-electron chi connectivity index (χ0n) is 12.3. The van der Waals surface area contributed by atoms with Crippen LogP contribution in [0.15, 0.2) is 58.2 Å². The van der Waals surface area contributed by atoms with Crippen molar-refractivity contribution >= 4 is 39.0 Å². The fraction of sp³-hybridized carbons (Fsp3) is 0.0588. The van der Waals surface area contributed by atoms with Gasteiger partial charge in [0.05, 0.1) is 13.3 Å². The number of ether oxygens (including phenoxy) is 1. The van der Waals surface area contributed by atoms with E-state index in [0.29, 0.717) is 5.56 Å². The summed E-state index contributed by atoms with van der Waals surface area (Å²) < 4.78 is 6.15. The second-order valence-corrected chi connectivity index (χ2v) is 5.78. The third-order valence-electron chi connectivity index (χ3n) is 3.40. The highest BCUT2D eigenvalue weighted by atomic mass is 79.9. The van der Waals surface area contributed by atoms with Crippen LogP contribution in [-0.2, 0) is 0 Å². The SMILES string of the molecule is COc1ccc2[nH]cc(/C=N\NC(=O)c3ccc(Br)cc3)c2c1. The third-order valence-corrected chi connectivity index (χ3v) is 3.93. The number of carbonyl (C=O) groups excluding carboxylic acids is 1. The van der Waals surface area contributed by atoms with Gasteiger partial charge < -0.3 is 9.72 Å². The number of aromatic amines is 1. The van der Waals surface area contributed by atoms with Gasteiger partial charge in [-0.05, 0) is 42.5 Å². The molecule has 0 fully saturated rings. The van der Waals surface area contributed by atoms with Gasteiger partial charge in [-0.15, -0.1) is 0 Å². The number of methoxy groups -OCH3 is 1. The van der Waals surface area contributed by atoms with Crippen molar-refractivity contribution in [2.45, 2.75) is 0 Å². The van der Waals surface area contributed by atoms with Gasteiger partial charge in [-0.25, -0.2) is 5.43 Å². The molecule has 2 N–H and O–H groups in total. The van der Waals surface area contributed by atoms with Crippen molar-refractivity contribution in [3.63, 3.8) is 0 Å². The highest BCUT2D eigenvalue weighted by Crippen LogP contribution is 2.22. The van der Waals surface area contributed by atoms with E-state index in [1.165, 1.54) is 0 Å². The maximum absolute atomic E-state index is 12.0. The smallest absolute Gasteiger partial charge is 0.271 e. The Hall–Kier alpha value is -2.60. The number of rotatable bonds is 4. The molecule has 0 aliphatic carbocycles. The summed E-state index contributed by atoms with van der Waals surface area (Å²) in [6.45, 7) is 0.